The van der Waals surface area contributed by atoms with Crippen LogP contribution in [0, 0.1) is 6.92 Å². The van der Waals surface area contributed by atoms with Gasteiger partial charge in [0.1, 0.15) is 0 Å². The second kappa shape index (κ2) is 6.18. The molecule has 2 rings (SSSR count). The van der Waals surface area contributed by atoms with E-state index < -0.39 is 0 Å². The minimum Gasteiger partial charge on any atom is -0.355 e. The molecule has 0 unspecified atom stereocenters. The van der Waals surface area contributed by atoms with E-state index in [1.54, 1.807) is 0 Å². The molecule has 0 spiro atoms. The first-order valence-electron chi connectivity index (χ1n) is 5.10. The van der Waals surface area contributed by atoms with Crippen LogP contribution in [0.25, 0.3) is 0 Å². The Labute approximate surface area is 104 Å². The van der Waals surface area contributed by atoms with E-state index in [-0.39, 0.29) is 18.0 Å². The van der Waals surface area contributed by atoms with Gasteiger partial charge in [0, 0.05) is 23.9 Å². The molecule has 1 aliphatic heterocycles. The van der Waals surface area contributed by atoms with Gasteiger partial charge in [0.05, 0.1) is 0 Å². The van der Waals surface area contributed by atoms with E-state index in [0.29, 0.717) is 13.0 Å². The van der Waals surface area contributed by atoms with Crippen molar-refractivity contribution in [2.24, 2.45) is 0 Å². The maximum Gasteiger partial charge on any atom is 0.373 e. The molecular weight excluding hydrogens is 242 g/mol. The van der Waals surface area contributed by atoms with Crippen LogP contribution < -0.4 is 5.32 Å². The first kappa shape index (κ1) is 13.4. The Balaban J connectivity index is 0.000000437. The summed E-state index contributed by atoms with van der Waals surface area (Å²) in [6.07, 6.45) is 0.808. The van der Waals surface area contributed by atoms with E-state index in [1.165, 1.54) is 0 Å². The minimum absolute atomic E-state index is 0.117. The lowest BCUT2D eigenvalue weighted by molar-refractivity contribution is -0.191. The van der Waals surface area contributed by atoms with Crippen LogP contribution in [0.4, 0.5) is 0 Å². The van der Waals surface area contributed by atoms with Crippen molar-refractivity contribution in [1.82, 2.24) is 5.32 Å². The molecule has 90 valence electrons. The molecule has 17 heavy (non-hydrogen) atoms. The van der Waals surface area contributed by atoms with E-state index in [2.05, 4.69) is 5.32 Å². The Bertz CT molecular complexity index is 453. The second-order valence-electron chi connectivity index (χ2n) is 3.81. The number of benzene rings is 1. The van der Waals surface area contributed by atoms with Crippen molar-refractivity contribution in [2.45, 2.75) is 19.3 Å². The molecule has 1 heterocycles. The zero-order chi connectivity index (χ0) is 12.8. The number of rotatable bonds is 1. The number of carbonyl (C=O) groups excluding carboxylic acids is 3. The fourth-order valence-electron chi connectivity index (χ4n) is 1.79. The highest BCUT2D eigenvalue weighted by atomic mass is 35.5. The van der Waals surface area contributed by atoms with Crippen molar-refractivity contribution in [2.75, 3.05) is 6.54 Å². The lowest BCUT2D eigenvalue weighted by atomic mass is 9.97. The van der Waals surface area contributed by atoms with E-state index in [0.717, 1.165) is 16.1 Å². The van der Waals surface area contributed by atoms with Crippen LogP contribution in [0.1, 0.15) is 23.5 Å². The third kappa shape index (κ3) is 3.70. The maximum atomic E-state index is 11.1. The normalized spacial score (nSPS) is 17.8. The number of halogens is 1. The zero-order valence-electron chi connectivity index (χ0n) is 9.33. The number of hydrogen-bond donors (Lipinski definition) is 1. The minimum atomic E-state index is 0.117. The van der Waals surface area contributed by atoms with Gasteiger partial charge in [-0.2, -0.15) is 9.59 Å². The van der Waals surface area contributed by atoms with E-state index >= 15 is 0 Å². The predicted molar refractivity (Wildman–Crippen MR) is 61.6 cm³/mol. The van der Waals surface area contributed by atoms with Crippen molar-refractivity contribution < 1.29 is 14.4 Å². The van der Waals surface area contributed by atoms with Crippen LogP contribution in [0.2, 0.25) is 5.02 Å². The summed E-state index contributed by atoms with van der Waals surface area (Å²) in [5.74, 6) is 0.363. The van der Waals surface area contributed by atoms with Gasteiger partial charge in [-0.25, -0.2) is 0 Å². The van der Waals surface area contributed by atoms with Crippen LogP contribution in [-0.4, -0.2) is 18.6 Å². The molecule has 5 heteroatoms. The van der Waals surface area contributed by atoms with Crippen LogP contribution in [0.5, 0.6) is 0 Å². The van der Waals surface area contributed by atoms with Gasteiger partial charge in [-0.1, -0.05) is 23.7 Å². The van der Waals surface area contributed by atoms with Crippen molar-refractivity contribution in [3.05, 3.63) is 34.3 Å². The van der Waals surface area contributed by atoms with Gasteiger partial charge in [-0.15, -0.1) is 0 Å². The quantitative estimate of drug-likeness (QED) is 0.828. The first-order chi connectivity index (χ1) is 8.08. The Morgan fingerprint density at radius 2 is 2.06 bits per heavy atom. The Morgan fingerprint density at radius 1 is 1.41 bits per heavy atom. The standard InChI is InChI=1S/C11H12ClNO.CO2/c1-7-2-3-9(10(12)4-7)8-5-11(14)13-6-8;2-1-3/h2-4,8H,5-6H2,1H3,(H,13,14);/t8-;/m0./s1. The largest absolute Gasteiger partial charge is 0.373 e. The fraction of sp³-hybridized carbons (Fsp3) is 0.333. The van der Waals surface area contributed by atoms with E-state index in [1.807, 2.05) is 25.1 Å². The molecule has 0 aromatic heterocycles. The van der Waals surface area contributed by atoms with Crippen LogP contribution in [-0.2, 0) is 14.4 Å². The second-order valence-corrected chi connectivity index (χ2v) is 4.22. The van der Waals surface area contributed by atoms with Crippen molar-refractivity contribution in [3.8, 4) is 0 Å². The van der Waals surface area contributed by atoms with Gasteiger partial charge in [-0.05, 0) is 24.1 Å². The summed E-state index contributed by atoms with van der Waals surface area (Å²) in [4.78, 5) is 27.3. The lowest BCUT2D eigenvalue weighted by Crippen LogP contribution is -2.13. The third-order valence-electron chi connectivity index (χ3n) is 2.57. The van der Waals surface area contributed by atoms with Gasteiger partial charge < -0.3 is 5.32 Å². The van der Waals surface area contributed by atoms with E-state index in [4.69, 9.17) is 21.2 Å². The number of amides is 1. The number of aryl methyl sites for hydroxylation is 1. The van der Waals surface area contributed by atoms with Gasteiger partial charge in [0.2, 0.25) is 5.91 Å². The summed E-state index contributed by atoms with van der Waals surface area (Å²) in [5.41, 5.74) is 2.23. The summed E-state index contributed by atoms with van der Waals surface area (Å²) in [6, 6.07) is 5.99. The molecule has 0 radical (unpaired) electrons. The van der Waals surface area contributed by atoms with Gasteiger partial charge in [0.15, 0.2) is 0 Å². The monoisotopic (exact) mass is 253 g/mol. The van der Waals surface area contributed by atoms with Gasteiger partial charge >= 0.3 is 6.15 Å². The SMILES string of the molecule is Cc1ccc([C@@H]2CNC(=O)C2)c(Cl)c1.O=C=O. The van der Waals surface area contributed by atoms with Crippen molar-refractivity contribution in [1.29, 1.82) is 0 Å². The molecule has 1 aliphatic rings. The van der Waals surface area contributed by atoms with Gasteiger partial charge in [0.25, 0.3) is 0 Å². The van der Waals surface area contributed by atoms with Crippen molar-refractivity contribution in [3.63, 3.8) is 0 Å². The molecule has 1 atom stereocenters. The topological polar surface area (TPSA) is 63.2 Å². The predicted octanol–water partition coefficient (Wildman–Crippen LogP) is 1.67. The Morgan fingerprint density at radius 3 is 2.53 bits per heavy atom. The number of hydrogen-bond acceptors (Lipinski definition) is 3. The number of nitrogens with one attached hydrogen (secondary N) is 1. The molecule has 1 saturated heterocycles. The average molecular weight is 254 g/mol. The highest BCUT2D eigenvalue weighted by Crippen LogP contribution is 2.29. The molecule has 0 bridgehead atoms. The highest BCUT2D eigenvalue weighted by Gasteiger charge is 2.24. The lowest BCUT2D eigenvalue weighted by Gasteiger charge is -2.10. The maximum absolute atomic E-state index is 11.1. The summed E-state index contributed by atoms with van der Waals surface area (Å²) in [5, 5.41) is 3.58. The number of carbonyl (C=O) groups is 1. The molecule has 1 fully saturated rings. The van der Waals surface area contributed by atoms with Crippen LogP contribution >= 0.6 is 11.6 Å². The summed E-state index contributed by atoms with van der Waals surface area (Å²) >= 11 is 6.12. The molecule has 1 amide bonds. The summed E-state index contributed by atoms with van der Waals surface area (Å²) < 4.78 is 0. The fourth-order valence-corrected chi connectivity index (χ4v) is 2.18. The molecule has 1 aromatic carbocycles. The summed E-state index contributed by atoms with van der Waals surface area (Å²) in [7, 11) is 0. The summed E-state index contributed by atoms with van der Waals surface area (Å²) in [6.45, 7) is 2.72. The Kier molecular flexibility index (Phi) is 4.88. The smallest absolute Gasteiger partial charge is 0.355 e. The molecule has 4 nitrogen and oxygen atoms in total. The van der Waals surface area contributed by atoms with Crippen LogP contribution in [0.3, 0.4) is 0 Å². The molecule has 1 N–H and O–H groups in total. The average Bonchev–Trinajstić information content (AvgIpc) is 2.66. The van der Waals surface area contributed by atoms with Crippen molar-refractivity contribution >= 4 is 23.7 Å². The van der Waals surface area contributed by atoms with Crippen LogP contribution in [0.15, 0.2) is 18.2 Å². The molecule has 1 aromatic rings. The zero-order valence-corrected chi connectivity index (χ0v) is 10.1. The molecule has 0 aliphatic carbocycles. The third-order valence-corrected chi connectivity index (χ3v) is 2.90. The first-order valence-corrected chi connectivity index (χ1v) is 5.48. The molecular formula is C12H12ClNO3. The van der Waals surface area contributed by atoms with Gasteiger partial charge in [-0.3, -0.25) is 4.79 Å². The highest BCUT2D eigenvalue weighted by molar-refractivity contribution is 6.31. The Hall–Kier alpha value is -1.64. The molecule has 0 saturated carbocycles. The van der Waals surface area contributed by atoms with E-state index in [9.17, 15) is 4.79 Å².